The van der Waals surface area contributed by atoms with Crippen LogP contribution in [-0.4, -0.2) is 96.0 Å². The van der Waals surface area contributed by atoms with Crippen LogP contribution in [0.3, 0.4) is 0 Å². The second-order valence-electron chi connectivity index (χ2n) is 12.0. The van der Waals surface area contributed by atoms with Crippen molar-refractivity contribution in [2.45, 2.75) is 64.3 Å². The van der Waals surface area contributed by atoms with Gasteiger partial charge in [0.15, 0.2) is 11.6 Å². The summed E-state index contributed by atoms with van der Waals surface area (Å²) in [7, 11) is 3.72. The summed E-state index contributed by atoms with van der Waals surface area (Å²) in [6.45, 7) is 1.32. The van der Waals surface area contributed by atoms with Crippen LogP contribution in [0, 0.1) is 11.8 Å². The van der Waals surface area contributed by atoms with E-state index in [2.05, 4.69) is 25.3 Å². The molecule has 238 valence electrons. The fourth-order valence-corrected chi connectivity index (χ4v) is 6.24. The van der Waals surface area contributed by atoms with Crippen molar-refractivity contribution in [1.29, 1.82) is 0 Å². The maximum absolute atomic E-state index is 13.7. The summed E-state index contributed by atoms with van der Waals surface area (Å²) < 4.78 is 0. The van der Waals surface area contributed by atoms with E-state index in [9.17, 15) is 34.8 Å². The summed E-state index contributed by atoms with van der Waals surface area (Å²) in [5, 5.41) is 56.5. The van der Waals surface area contributed by atoms with E-state index in [4.69, 9.17) is 0 Å². The first kappa shape index (κ1) is 33.0. The van der Waals surface area contributed by atoms with Gasteiger partial charge in [0, 0.05) is 81.8 Å². The maximum Gasteiger partial charge on any atom is 0.174 e. The molecule has 6 N–H and O–H groups in total. The van der Waals surface area contributed by atoms with Crippen LogP contribution < -0.4 is 4.90 Å². The van der Waals surface area contributed by atoms with Crippen LogP contribution in [0.5, 0.6) is 5.75 Å². The maximum atomic E-state index is 13.7. The SMILES string of the molecule is CC(=O)CC(=O)[C@@](O)(CO)C(CCO)CC1CC(=O)c2c(O)c(CN(Cc3ccn[nH]3)Cc3ccn[nH]3)cc(N(C)C)c2C1. The third kappa shape index (κ3) is 7.41. The quantitative estimate of drug-likeness (QED) is 0.129. The number of ketones is 3. The molecule has 0 spiro atoms. The number of aliphatic hydroxyl groups excluding tert-OH is 2. The minimum atomic E-state index is -2.22. The Kier molecular flexibility index (Phi) is 10.7. The number of benzene rings is 1. The summed E-state index contributed by atoms with van der Waals surface area (Å²) in [5.41, 5.74) is 1.82. The fraction of sp³-hybridized carbons (Fsp3) is 0.516. The molecule has 0 aliphatic heterocycles. The highest BCUT2D eigenvalue weighted by Crippen LogP contribution is 2.43. The Hall–Kier alpha value is -3.91. The molecule has 1 aliphatic rings. The number of phenolic OH excluding ortho intramolecular Hbond substituents is 1. The van der Waals surface area contributed by atoms with Gasteiger partial charge in [-0.15, -0.1) is 0 Å². The van der Waals surface area contributed by atoms with Crippen molar-refractivity contribution >= 4 is 23.0 Å². The van der Waals surface area contributed by atoms with Crippen LogP contribution in [0.2, 0.25) is 0 Å². The number of aromatic nitrogens is 4. The van der Waals surface area contributed by atoms with Crippen molar-refractivity contribution in [2.75, 3.05) is 32.2 Å². The number of nitrogens with one attached hydrogen (secondary N) is 2. The van der Waals surface area contributed by atoms with Crippen LogP contribution in [0.25, 0.3) is 0 Å². The van der Waals surface area contributed by atoms with Crippen molar-refractivity contribution in [3.63, 3.8) is 0 Å². The average molecular weight is 611 g/mol. The molecule has 0 fully saturated rings. The van der Waals surface area contributed by atoms with Crippen LogP contribution in [0.4, 0.5) is 5.69 Å². The molecule has 4 rings (SSSR count). The molecule has 44 heavy (non-hydrogen) atoms. The predicted molar refractivity (Wildman–Crippen MR) is 161 cm³/mol. The summed E-state index contributed by atoms with van der Waals surface area (Å²) in [5.74, 6) is -2.81. The highest BCUT2D eigenvalue weighted by Gasteiger charge is 2.45. The van der Waals surface area contributed by atoms with Gasteiger partial charge >= 0.3 is 0 Å². The number of rotatable bonds is 16. The number of hydrogen-bond donors (Lipinski definition) is 6. The molecule has 2 unspecified atom stereocenters. The van der Waals surface area contributed by atoms with Gasteiger partial charge in [-0.25, -0.2) is 0 Å². The molecule has 0 radical (unpaired) electrons. The smallest absolute Gasteiger partial charge is 0.174 e. The Morgan fingerprint density at radius 1 is 1.07 bits per heavy atom. The van der Waals surface area contributed by atoms with Crippen molar-refractivity contribution in [3.05, 3.63) is 58.7 Å². The van der Waals surface area contributed by atoms with E-state index in [1.807, 2.05) is 37.2 Å². The Labute approximate surface area is 255 Å². The largest absolute Gasteiger partial charge is 0.507 e. The molecular weight excluding hydrogens is 568 g/mol. The minimum Gasteiger partial charge on any atom is -0.507 e. The molecular formula is C31H42N6O7. The lowest BCUT2D eigenvalue weighted by molar-refractivity contribution is -0.152. The van der Waals surface area contributed by atoms with E-state index in [0.29, 0.717) is 37.2 Å². The topological polar surface area (TPSA) is 196 Å². The van der Waals surface area contributed by atoms with Crippen LogP contribution in [-0.2, 0) is 35.6 Å². The van der Waals surface area contributed by atoms with E-state index in [0.717, 1.165) is 17.1 Å². The Morgan fingerprint density at radius 3 is 2.20 bits per heavy atom. The van der Waals surface area contributed by atoms with E-state index in [1.165, 1.54) is 6.92 Å². The van der Waals surface area contributed by atoms with Crippen molar-refractivity contribution in [3.8, 4) is 5.75 Å². The second-order valence-corrected chi connectivity index (χ2v) is 12.0. The normalized spacial score (nSPS) is 16.9. The van der Waals surface area contributed by atoms with Crippen molar-refractivity contribution < 1.29 is 34.8 Å². The number of aromatic amines is 2. The molecule has 0 saturated carbocycles. The highest BCUT2D eigenvalue weighted by molar-refractivity contribution is 6.03. The molecule has 1 aliphatic carbocycles. The molecule has 0 amide bonds. The van der Waals surface area contributed by atoms with E-state index in [1.54, 1.807) is 12.4 Å². The first-order valence-corrected chi connectivity index (χ1v) is 14.7. The zero-order chi connectivity index (χ0) is 32.0. The number of carbonyl (C=O) groups is 3. The molecule has 0 bridgehead atoms. The molecule has 13 nitrogen and oxygen atoms in total. The molecule has 0 saturated heterocycles. The van der Waals surface area contributed by atoms with Crippen LogP contribution in [0.15, 0.2) is 30.6 Å². The first-order chi connectivity index (χ1) is 21.0. The number of nitrogens with zero attached hydrogens (tertiary/aromatic N) is 4. The number of Topliss-reactive ketones (excluding diaryl/α,β-unsaturated/α-hetero) is 3. The van der Waals surface area contributed by atoms with Gasteiger partial charge < -0.3 is 25.3 Å². The van der Waals surface area contributed by atoms with Gasteiger partial charge in [0.1, 0.15) is 17.1 Å². The van der Waals surface area contributed by atoms with E-state index >= 15 is 0 Å². The number of hydrogen-bond acceptors (Lipinski definition) is 11. The number of aromatic hydroxyl groups is 1. The van der Waals surface area contributed by atoms with Gasteiger partial charge in [0.05, 0.1) is 18.6 Å². The number of carbonyl (C=O) groups excluding carboxylic acids is 3. The lowest BCUT2D eigenvalue weighted by Crippen LogP contribution is -2.51. The van der Waals surface area contributed by atoms with Gasteiger partial charge in [-0.2, -0.15) is 10.2 Å². The Balaban J connectivity index is 1.64. The zero-order valence-electron chi connectivity index (χ0n) is 25.4. The Morgan fingerprint density at radius 2 is 1.70 bits per heavy atom. The van der Waals surface area contributed by atoms with Crippen molar-refractivity contribution in [1.82, 2.24) is 25.3 Å². The molecule has 1 aromatic carbocycles. The summed E-state index contributed by atoms with van der Waals surface area (Å²) in [6, 6.07) is 5.62. The lowest BCUT2D eigenvalue weighted by Gasteiger charge is -2.37. The van der Waals surface area contributed by atoms with Crippen molar-refractivity contribution in [2.24, 2.45) is 11.8 Å². The van der Waals surface area contributed by atoms with Gasteiger partial charge in [0.25, 0.3) is 0 Å². The van der Waals surface area contributed by atoms with Gasteiger partial charge in [-0.1, -0.05) is 0 Å². The molecule has 3 aromatic rings. The van der Waals surface area contributed by atoms with E-state index < -0.39 is 36.1 Å². The predicted octanol–water partition coefficient (Wildman–Crippen LogP) is 1.51. The summed E-state index contributed by atoms with van der Waals surface area (Å²) in [4.78, 5) is 42.1. The van der Waals surface area contributed by atoms with Crippen LogP contribution in [0.1, 0.15) is 65.5 Å². The first-order valence-electron chi connectivity index (χ1n) is 14.7. The summed E-state index contributed by atoms with van der Waals surface area (Å²) in [6.07, 6.45) is 3.39. The lowest BCUT2D eigenvalue weighted by atomic mass is 9.71. The zero-order valence-corrected chi connectivity index (χ0v) is 25.4. The highest BCUT2D eigenvalue weighted by atomic mass is 16.3. The number of aliphatic hydroxyl groups is 3. The molecule has 3 atom stereocenters. The monoisotopic (exact) mass is 610 g/mol. The molecule has 2 aromatic heterocycles. The molecule has 2 heterocycles. The van der Waals surface area contributed by atoms with Gasteiger partial charge in [-0.05, 0) is 61.8 Å². The van der Waals surface area contributed by atoms with Gasteiger partial charge in [0.2, 0.25) is 0 Å². The number of phenols is 1. The standard InChI is InChI=1S/C31H42N6O7/c1-19(40)10-28(42)31(44,18-39)22(6-9-38)11-20-12-25-26(36(2)3)14-21(30(43)29(25)27(41)13-20)15-37(16-23-4-7-32-34-23)17-24-5-8-33-35-24/h4-5,7-8,14,20,22,38-39,43-44H,6,9-13,15-18H2,1-3H3,(H,32,34)(H,33,35)/t20?,22?,31-/m1/s1. The summed E-state index contributed by atoms with van der Waals surface area (Å²) >= 11 is 0. The third-order valence-corrected chi connectivity index (χ3v) is 8.39. The Bertz CT molecular complexity index is 1400. The third-order valence-electron chi connectivity index (χ3n) is 8.39. The number of fused-ring (bicyclic) bond motifs is 1. The van der Waals surface area contributed by atoms with Crippen LogP contribution >= 0.6 is 0 Å². The molecule has 13 heteroatoms. The van der Waals surface area contributed by atoms with Gasteiger partial charge in [-0.3, -0.25) is 29.5 Å². The number of anilines is 1. The average Bonchev–Trinajstić information content (AvgIpc) is 3.67. The second kappa shape index (κ2) is 14.2. The minimum absolute atomic E-state index is 0.00543. The number of H-pyrrole nitrogens is 2. The van der Waals surface area contributed by atoms with E-state index in [-0.39, 0.29) is 48.9 Å². The fourth-order valence-electron chi connectivity index (χ4n) is 6.24.